The Bertz CT molecular complexity index is 296. The van der Waals surface area contributed by atoms with Gasteiger partial charge in [0.05, 0.1) is 12.2 Å². The van der Waals surface area contributed by atoms with Crippen LogP contribution in [0.1, 0.15) is 33.1 Å². The minimum atomic E-state index is 0.228. The number of hydrogen-bond donors (Lipinski definition) is 1. The fraction of sp³-hybridized carbons (Fsp3) is 0.846. The molecule has 0 radical (unpaired) electrons. The molecule has 92 valence electrons. The van der Waals surface area contributed by atoms with Crippen LogP contribution in [-0.4, -0.2) is 38.5 Å². The summed E-state index contributed by atoms with van der Waals surface area (Å²) in [6.07, 6.45) is 3.66. The topological polar surface area (TPSA) is 30.5 Å². The molecule has 16 heavy (non-hydrogen) atoms. The molecule has 0 amide bonds. The lowest BCUT2D eigenvalue weighted by atomic mass is 9.78. The molecule has 0 spiro atoms. The van der Waals surface area contributed by atoms with E-state index in [1.54, 1.807) is 25.4 Å². The third-order valence-electron chi connectivity index (χ3n) is 3.85. The molecule has 3 heteroatoms. The van der Waals surface area contributed by atoms with Crippen LogP contribution in [0.3, 0.4) is 0 Å². The molecule has 2 atom stereocenters. The number of rotatable bonds is 2. The third-order valence-corrected chi connectivity index (χ3v) is 3.85. The SMILES string of the molecule is COC1CC2=C(CC1OC)CC(C)(C)NC2. The molecule has 1 N–H and O–H groups in total. The van der Waals surface area contributed by atoms with Crippen molar-refractivity contribution < 1.29 is 9.47 Å². The van der Waals surface area contributed by atoms with Crippen LogP contribution in [0.25, 0.3) is 0 Å². The Morgan fingerprint density at radius 1 is 1.06 bits per heavy atom. The van der Waals surface area contributed by atoms with Crippen LogP contribution in [0.2, 0.25) is 0 Å². The summed E-state index contributed by atoms with van der Waals surface area (Å²) < 4.78 is 11.0. The summed E-state index contributed by atoms with van der Waals surface area (Å²) in [7, 11) is 3.57. The largest absolute Gasteiger partial charge is 0.378 e. The van der Waals surface area contributed by atoms with Crippen LogP contribution < -0.4 is 5.32 Å². The Morgan fingerprint density at radius 2 is 1.62 bits per heavy atom. The standard InChI is InChI=1S/C13H23NO2/c1-13(2)7-9-5-11(15-3)12(16-4)6-10(9)8-14-13/h11-12,14H,5-8H2,1-4H3. The lowest BCUT2D eigenvalue weighted by Crippen LogP contribution is -2.48. The third kappa shape index (κ3) is 2.31. The second kappa shape index (κ2) is 4.47. The van der Waals surface area contributed by atoms with E-state index >= 15 is 0 Å². The molecule has 2 unspecified atom stereocenters. The van der Waals surface area contributed by atoms with Gasteiger partial charge in [0, 0.05) is 26.3 Å². The second-order valence-electron chi connectivity index (χ2n) is 5.58. The summed E-state index contributed by atoms with van der Waals surface area (Å²) in [6.45, 7) is 5.54. The van der Waals surface area contributed by atoms with Crippen molar-refractivity contribution >= 4 is 0 Å². The highest BCUT2D eigenvalue weighted by molar-refractivity contribution is 5.27. The van der Waals surface area contributed by atoms with E-state index in [2.05, 4.69) is 19.2 Å². The molecule has 0 aromatic heterocycles. The van der Waals surface area contributed by atoms with E-state index in [0.29, 0.717) is 0 Å². The van der Waals surface area contributed by atoms with E-state index in [9.17, 15) is 0 Å². The highest BCUT2D eigenvalue weighted by Crippen LogP contribution is 2.35. The normalized spacial score (nSPS) is 33.8. The van der Waals surface area contributed by atoms with Gasteiger partial charge in [-0.05, 0) is 33.1 Å². The Balaban J connectivity index is 2.15. The average Bonchev–Trinajstić information content (AvgIpc) is 2.26. The van der Waals surface area contributed by atoms with Gasteiger partial charge in [-0.15, -0.1) is 0 Å². The minimum absolute atomic E-state index is 0.228. The first-order valence-corrected chi connectivity index (χ1v) is 6.06. The van der Waals surface area contributed by atoms with Gasteiger partial charge in [-0.2, -0.15) is 0 Å². The maximum atomic E-state index is 5.53. The number of hydrogen-bond acceptors (Lipinski definition) is 3. The molecule has 1 aliphatic carbocycles. The number of ether oxygens (including phenoxy) is 2. The van der Waals surface area contributed by atoms with Gasteiger partial charge >= 0.3 is 0 Å². The van der Waals surface area contributed by atoms with Crippen LogP contribution in [0.4, 0.5) is 0 Å². The zero-order valence-electron chi connectivity index (χ0n) is 10.8. The lowest BCUT2D eigenvalue weighted by Gasteiger charge is -2.41. The van der Waals surface area contributed by atoms with Crippen LogP contribution in [0.15, 0.2) is 11.1 Å². The molecule has 2 rings (SSSR count). The predicted molar refractivity (Wildman–Crippen MR) is 64.6 cm³/mol. The van der Waals surface area contributed by atoms with E-state index in [1.807, 2.05) is 0 Å². The Kier molecular flexibility index (Phi) is 3.38. The van der Waals surface area contributed by atoms with Gasteiger partial charge in [0.2, 0.25) is 0 Å². The smallest absolute Gasteiger partial charge is 0.0873 e. The van der Waals surface area contributed by atoms with E-state index < -0.39 is 0 Å². The summed E-state index contributed by atoms with van der Waals surface area (Å²) in [6, 6.07) is 0. The van der Waals surface area contributed by atoms with Crippen molar-refractivity contribution in [2.75, 3.05) is 20.8 Å². The molecule has 0 saturated heterocycles. The quantitative estimate of drug-likeness (QED) is 0.728. The van der Waals surface area contributed by atoms with Gasteiger partial charge in [0.1, 0.15) is 0 Å². The van der Waals surface area contributed by atoms with Crippen LogP contribution in [0, 0.1) is 0 Å². The van der Waals surface area contributed by atoms with Crippen molar-refractivity contribution in [3.63, 3.8) is 0 Å². The molecule has 0 bridgehead atoms. The predicted octanol–water partition coefficient (Wildman–Crippen LogP) is 1.88. The van der Waals surface area contributed by atoms with E-state index in [0.717, 1.165) is 25.8 Å². The van der Waals surface area contributed by atoms with Crippen molar-refractivity contribution in [1.82, 2.24) is 5.32 Å². The first kappa shape index (κ1) is 12.1. The fourth-order valence-corrected chi connectivity index (χ4v) is 2.84. The van der Waals surface area contributed by atoms with E-state index in [-0.39, 0.29) is 17.7 Å². The summed E-state index contributed by atoms with van der Waals surface area (Å²) in [5, 5.41) is 3.58. The monoisotopic (exact) mass is 225 g/mol. The molecule has 0 aromatic rings. The summed E-state index contributed by atoms with van der Waals surface area (Å²) in [4.78, 5) is 0. The zero-order valence-corrected chi connectivity index (χ0v) is 10.8. The molecular formula is C13H23NO2. The van der Waals surface area contributed by atoms with Gasteiger partial charge in [-0.1, -0.05) is 11.1 Å². The summed E-state index contributed by atoms with van der Waals surface area (Å²) in [5.74, 6) is 0. The first-order valence-electron chi connectivity index (χ1n) is 6.06. The lowest BCUT2D eigenvalue weighted by molar-refractivity contribution is -0.0417. The molecule has 2 aliphatic rings. The van der Waals surface area contributed by atoms with Crippen LogP contribution in [-0.2, 0) is 9.47 Å². The van der Waals surface area contributed by atoms with Gasteiger partial charge in [-0.3, -0.25) is 0 Å². The Hall–Kier alpha value is -0.380. The fourth-order valence-electron chi connectivity index (χ4n) is 2.84. The van der Waals surface area contributed by atoms with Crippen LogP contribution in [0.5, 0.6) is 0 Å². The van der Waals surface area contributed by atoms with Crippen molar-refractivity contribution in [2.45, 2.75) is 50.9 Å². The zero-order chi connectivity index (χ0) is 11.8. The summed E-state index contributed by atoms with van der Waals surface area (Å²) >= 11 is 0. The van der Waals surface area contributed by atoms with Crippen molar-refractivity contribution in [2.24, 2.45) is 0 Å². The van der Waals surface area contributed by atoms with E-state index in [1.165, 1.54) is 0 Å². The van der Waals surface area contributed by atoms with Gasteiger partial charge < -0.3 is 14.8 Å². The average molecular weight is 225 g/mol. The maximum absolute atomic E-state index is 5.53. The van der Waals surface area contributed by atoms with Crippen molar-refractivity contribution in [1.29, 1.82) is 0 Å². The van der Waals surface area contributed by atoms with Crippen molar-refractivity contribution in [3.8, 4) is 0 Å². The Labute approximate surface area is 98.2 Å². The minimum Gasteiger partial charge on any atom is -0.378 e. The van der Waals surface area contributed by atoms with E-state index in [4.69, 9.17) is 9.47 Å². The molecule has 1 aliphatic heterocycles. The molecule has 3 nitrogen and oxygen atoms in total. The van der Waals surface area contributed by atoms with Gasteiger partial charge in [-0.25, -0.2) is 0 Å². The molecular weight excluding hydrogens is 202 g/mol. The summed E-state index contributed by atoms with van der Waals surface area (Å²) in [5.41, 5.74) is 3.36. The second-order valence-corrected chi connectivity index (χ2v) is 5.58. The molecule has 0 aromatic carbocycles. The highest BCUT2D eigenvalue weighted by atomic mass is 16.5. The number of nitrogens with one attached hydrogen (secondary N) is 1. The van der Waals surface area contributed by atoms with Crippen LogP contribution >= 0.6 is 0 Å². The molecule has 0 saturated carbocycles. The Morgan fingerprint density at radius 3 is 2.19 bits per heavy atom. The highest BCUT2D eigenvalue weighted by Gasteiger charge is 2.35. The number of methoxy groups -OCH3 is 2. The van der Waals surface area contributed by atoms with Gasteiger partial charge in [0.15, 0.2) is 0 Å². The first-order chi connectivity index (χ1) is 7.55. The van der Waals surface area contributed by atoms with Gasteiger partial charge in [0.25, 0.3) is 0 Å². The maximum Gasteiger partial charge on any atom is 0.0873 e. The molecule has 0 fully saturated rings. The van der Waals surface area contributed by atoms with Crippen molar-refractivity contribution in [3.05, 3.63) is 11.1 Å². The molecule has 1 heterocycles.